The molecule has 1 atom stereocenters. The molecule has 1 unspecified atom stereocenters. The number of nitrogens with two attached hydrogens (primary N) is 1. The van der Waals surface area contributed by atoms with Crippen molar-refractivity contribution in [2.45, 2.75) is 19.5 Å². The predicted octanol–water partition coefficient (Wildman–Crippen LogP) is 3.04. The van der Waals surface area contributed by atoms with Gasteiger partial charge in [-0.15, -0.1) is 0 Å². The second-order valence-electron chi connectivity index (χ2n) is 5.23. The Balaban J connectivity index is 2.03. The van der Waals surface area contributed by atoms with Gasteiger partial charge in [-0.05, 0) is 43.6 Å². The maximum absolute atomic E-state index is 12.9. The number of nitrogen functional groups attached to an aromatic ring is 1. The van der Waals surface area contributed by atoms with Crippen molar-refractivity contribution in [3.8, 4) is 0 Å². The van der Waals surface area contributed by atoms with Crippen LogP contribution in [0.15, 0.2) is 18.2 Å². The fourth-order valence-corrected chi connectivity index (χ4v) is 2.57. The number of anilines is 2. The predicted molar refractivity (Wildman–Crippen MR) is 74.6 cm³/mol. The van der Waals surface area contributed by atoms with Crippen molar-refractivity contribution in [1.82, 2.24) is 4.90 Å². The van der Waals surface area contributed by atoms with Crippen molar-refractivity contribution in [1.29, 1.82) is 0 Å². The number of nitrogens with one attached hydrogen (secondary N) is 1. The summed E-state index contributed by atoms with van der Waals surface area (Å²) in [6.07, 6.45) is -3.36. The Morgan fingerprint density at radius 1 is 1.40 bits per heavy atom. The summed E-state index contributed by atoms with van der Waals surface area (Å²) in [6.45, 7) is 5.61. The Labute approximate surface area is 116 Å². The van der Waals surface area contributed by atoms with E-state index in [4.69, 9.17) is 5.73 Å². The Bertz CT molecular complexity index is 459. The summed E-state index contributed by atoms with van der Waals surface area (Å²) in [6, 6.07) is 3.88. The van der Waals surface area contributed by atoms with Gasteiger partial charge in [0.1, 0.15) is 0 Å². The van der Waals surface area contributed by atoms with Crippen LogP contribution in [0.4, 0.5) is 24.5 Å². The first kappa shape index (κ1) is 15.0. The molecule has 112 valence electrons. The molecular formula is C14H20F3N3. The molecule has 1 fully saturated rings. The fraction of sp³-hybridized carbons (Fsp3) is 0.571. The number of hydrogen-bond donors (Lipinski definition) is 2. The first-order chi connectivity index (χ1) is 9.40. The molecule has 2 rings (SSSR count). The van der Waals surface area contributed by atoms with Gasteiger partial charge < -0.3 is 16.0 Å². The Morgan fingerprint density at radius 2 is 2.15 bits per heavy atom. The van der Waals surface area contributed by atoms with E-state index in [0.29, 0.717) is 12.5 Å². The van der Waals surface area contributed by atoms with Crippen LogP contribution in [0, 0.1) is 5.92 Å². The number of likely N-dealkylation sites (tertiary alicyclic amines) is 1. The Morgan fingerprint density at radius 3 is 2.75 bits per heavy atom. The van der Waals surface area contributed by atoms with Crippen molar-refractivity contribution in [3.05, 3.63) is 23.8 Å². The Hall–Kier alpha value is -1.43. The number of nitrogens with zero attached hydrogens (tertiary/aromatic N) is 1. The van der Waals surface area contributed by atoms with Gasteiger partial charge in [0.15, 0.2) is 0 Å². The van der Waals surface area contributed by atoms with Crippen LogP contribution >= 0.6 is 0 Å². The van der Waals surface area contributed by atoms with Crippen molar-refractivity contribution in [2.75, 3.05) is 37.2 Å². The van der Waals surface area contributed by atoms with Gasteiger partial charge in [0.25, 0.3) is 0 Å². The molecule has 1 heterocycles. The van der Waals surface area contributed by atoms with E-state index in [1.165, 1.54) is 12.1 Å². The van der Waals surface area contributed by atoms with Gasteiger partial charge in [-0.25, -0.2) is 0 Å². The molecule has 3 nitrogen and oxygen atoms in total. The topological polar surface area (TPSA) is 41.3 Å². The van der Waals surface area contributed by atoms with Gasteiger partial charge in [0.2, 0.25) is 0 Å². The largest absolute Gasteiger partial charge is 0.418 e. The molecule has 3 N–H and O–H groups in total. The molecule has 0 bridgehead atoms. The van der Waals surface area contributed by atoms with Gasteiger partial charge in [-0.3, -0.25) is 0 Å². The lowest BCUT2D eigenvalue weighted by Gasteiger charge is -2.18. The third-order valence-corrected chi connectivity index (χ3v) is 3.75. The minimum absolute atomic E-state index is 0.113. The smallest absolute Gasteiger partial charge is 0.399 e. The zero-order chi connectivity index (χ0) is 14.8. The van der Waals surface area contributed by atoms with Crippen LogP contribution in [0.1, 0.15) is 18.9 Å². The normalized spacial score (nSPS) is 20.3. The number of rotatable bonds is 4. The summed E-state index contributed by atoms with van der Waals surface area (Å²) in [5, 5.41) is 2.93. The summed E-state index contributed by atoms with van der Waals surface area (Å²) in [5.41, 5.74) is 4.99. The third kappa shape index (κ3) is 3.56. The van der Waals surface area contributed by atoms with E-state index in [9.17, 15) is 13.2 Å². The molecule has 20 heavy (non-hydrogen) atoms. The SMILES string of the molecule is CCN1CCC(CNc2ccc(N)cc2C(F)(F)F)C1. The second kappa shape index (κ2) is 5.91. The average molecular weight is 287 g/mol. The maximum Gasteiger partial charge on any atom is 0.418 e. The lowest BCUT2D eigenvalue weighted by atomic mass is 10.1. The van der Waals surface area contributed by atoms with Crippen molar-refractivity contribution in [2.24, 2.45) is 5.92 Å². The third-order valence-electron chi connectivity index (χ3n) is 3.75. The van der Waals surface area contributed by atoms with E-state index < -0.39 is 11.7 Å². The molecule has 6 heteroatoms. The zero-order valence-electron chi connectivity index (χ0n) is 11.5. The summed E-state index contributed by atoms with van der Waals surface area (Å²) in [7, 11) is 0. The summed E-state index contributed by atoms with van der Waals surface area (Å²) in [4.78, 5) is 2.31. The highest BCUT2D eigenvalue weighted by Crippen LogP contribution is 2.36. The van der Waals surface area contributed by atoms with E-state index in [0.717, 1.165) is 32.1 Å². The molecular weight excluding hydrogens is 267 g/mol. The summed E-state index contributed by atoms with van der Waals surface area (Å²) in [5.74, 6) is 0.397. The van der Waals surface area contributed by atoms with E-state index in [-0.39, 0.29) is 11.4 Å². The zero-order valence-corrected chi connectivity index (χ0v) is 11.5. The second-order valence-corrected chi connectivity index (χ2v) is 5.23. The van der Waals surface area contributed by atoms with Gasteiger partial charge in [0, 0.05) is 24.5 Å². The van der Waals surface area contributed by atoms with Crippen molar-refractivity contribution < 1.29 is 13.2 Å². The minimum Gasteiger partial charge on any atom is -0.399 e. The van der Waals surface area contributed by atoms with Crippen molar-refractivity contribution in [3.63, 3.8) is 0 Å². The molecule has 0 aliphatic carbocycles. The lowest BCUT2D eigenvalue weighted by molar-refractivity contribution is -0.136. The minimum atomic E-state index is -4.39. The number of alkyl halides is 3. The van der Waals surface area contributed by atoms with Gasteiger partial charge in [0.05, 0.1) is 5.56 Å². The highest BCUT2D eigenvalue weighted by Gasteiger charge is 2.34. The monoisotopic (exact) mass is 287 g/mol. The first-order valence-electron chi connectivity index (χ1n) is 6.83. The quantitative estimate of drug-likeness (QED) is 0.836. The Kier molecular flexibility index (Phi) is 4.42. The highest BCUT2D eigenvalue weighted by atomic mass is 19.4. The van der Waals surface area contributed by atoms with Crippen LogP contribution in [0.2, 0.25) is 0 Å². The average Bonchev–Trinajstić information content (AvgIpc) is 2.84. The molecule has 0 radical (unpaired) electrons. The molecule has 0 spiro atoms. The number of halogens is 3. The molecule has 0 aromatic heterocycles. The van der Waals surface area contributed by atoms with Crippen molar-refractivity contribution >= 4 is 11.4 Å². The van der Waals surface area contributed by atoms with E-state index in [1.54, 1.807) is 0 Å². The van der Waals surface area contributed by atoms with Crippen LogP contribution < -0.4 is 11.1 Å². The van der Waals surface area contributed by atoms with E-state index in [2.05, 4.69) is 17.1 Å². The summed E-state index contributed by atoms with van der Waals surface area (Å²) >= 11 is 0. The van der Waals surface area contributed by atoms with Crippen LogP contribution in [0.5, 0.6) is 0 Å². The molecule has 0 amide bonds. The van der Waals surface area contributed by atoms with Gasteiger partial charge in [-0.1, -0.05) is 6.92 Å². The van der Waals surface area contributed by atoms with Crippen LogP contribution in [0.25, 0.3) is 0 Å². The van der Waals surface area contributed by atoms with Crippen LogP contribution in [0.3, 0.4) is 0 Å². The molecule has 1 aromatic rings. The van der Waals surface area contributed by atoms with Crippen LogP contribution in [-0.2, 0) is 6.18 Å². The van der Waals surface area contributed by atoms with E-state index >= 15 is 0 Å². The lowest BCUT2D eigenvalue weighted by Crippen LogP contribution is -2.23. The number of hydrogen-bond acceptors (Lipinski definition) is 3. The fourth-order valence-electron chi connectivity index (χ4n) is 2.57. The molecule has 0 saturated carbocycles. The molecule has 1 aliphatic heterocycles. The molecule has 1 aliphatic rings. The first-order valence-corrected chi connectivity index (χ1v) is 6.83. The summed E-state index contributed by atoms with van der Waals surface area (Å²) < 4.78 is 38.8. The number of benzene rings is 1. The van der Waals surface area contributed by atoms with E-state index in [1.807, 2.05) is 0 Å². The van der Waals surface area contributed by atoms with Gasteiger partial charge >= 0.3 is 6.18 Å². The standard InChI is InChI=1S/C14H20F3N3/c1-2-20-6-5-10(9-20)8-19-13-4-3-11(18)7-12(13)14(15,16)17/h3-4,7,10,19H,2,5-6,8-9,18H2,1H3. The maximum atomic E-state index is 12.9. The highest BCUT2D eigenvalue weighted by molar-refractivity contribution is 5.59. The molecule has 1 aromatic carbocycles. The van der Waals surface area contributed by atoms with Crippen LogP contribution in [-0.4, -0.2) is 31.1 Å². The van der Waals surface area contributed by atoms with Gasteiger partial charge in [-0.2, -0.15) is 13.2 Å². The molecule has 1 saturated heterocycles.